The molecule has 0 aliphatic heterocycles. The van der Waals surface area contributed by atoms with Crippen LogP contribution in [0.3, 0.4) is 0 Å². The molecule has 0 saturated heterocycles. The van der Waals surface area contributed by atoms with Gasteiger partial charge in [0.1, 0.15) is 10.4 Å². The molecule has 100 valence electrons. The number of thiophene rings is 1. The zero-order valence-electron chi connectivity index (χ0n) is 10.3. The summed E-state index contributed by atoms with van der Waals surface area (Å²) in [6.07, 6.45) is 3.19. The molecule has 2 rings (SSSR count). The molecular formula is C13H14N2O3S. The molecule has 0 spiro atoms. The molecule has 0 atom stereocenters. The molecule has 0 bridgehead atoms. The molecule has 1 saturated carbocycles. The molecule has 5 nitrogen and oxygen atoms in total. The van der Waals surface area contributed by atoms with E-state index in [1.54, 1.807) is 17.5 Å². The maximum atomic E-state index is 11.7. The van der Waals surface area contributed by atoms with Gasteiger partial charge < -0.3 is 10.1 Å². The number of amides is 1. The van der Waals surface area contributed by atoms with Gasteiger partial charge in [0.15, 0.2) is 6.61 Å². The van der Waals surface area contributed by atoms with Crippen molar-refractivity contribution in [3.8, 4) is 6.07 Å². The Morgan fingerprint density at radius 3 is 2.79 bits per heavy atom. The third-order valence-corrected chi connectivity index (χ3v) is 3.96. The average molecular weight is 278 g/mol. The number of esters is 1. The summed E-state index contributed by atoms with van der Waals surface area (Å²) in [5.41, 5.74) is -0.771. The number of carbonyl (C=O) groups is 2. The Morgan fingerprint density at radius 2 is 2.21 bits per heavy atom. The zero-order valence-corrected chi connectivity index (χ0v) is 11.2. The molecule has 1 heterocycles. The normalized spacial score (nSPS) is 16.6. The summed E-state index contributed by atoms with van der Waals surface area (Å²) >= 11 is 1.26. The van der Waals surface area contributed by atoms with Crippen molar-refractivity contribution in [1.29, 1.82) is 5.26 Å². The predicted molar refractivity (Wildman–Crippen MR) is 69.6 cm³/mol. The lowest BCUT2D eigenvalue weighted by Crippen LogP contribution is -2.46. The standard InChI is InChI=1S/C13H14N2O3S/c14-9-13(5-1-2-6-13)15-11(16)8-18-12(17)10-4-3-7-19-10/h3-4,7H,1-2,5-6,8H2,(H,15,16). The Kier molecular flexibility index (Phi) is 4.17. The molecule has 0 aromatic carbocycles. The van der Waals surface area contributed by atoms with Crippen molar-refractivity contribution < 1.29 is 14.3 Å². The van der Waals surface area contributed by atoms with Crippen molar-refractivity contribution in [3.05, 3.63) is 22.4 Å². The van der Waals surface area contributed by atoms with Crippen molar-refractivity contribution in [3.63, 3.8) is 0 Å². The van der Waals surface area contributed by atoms with E-state index in [4.69, 9.17) is 10.00 Å². The first-order valence-corrected chi connectivity index (χ1v) is 6.96. The molecule has 1 aliphatic carbocycles. The Hall–Kier alpha value is -1.87. The Morgan fingerprint density at radius 1 is 1.47 bits per heavy atom. The number of rotatable bonds is 4. The van der Waals surface area contributed by atoms with Crippen LogP contribution in [-0.4, -0.2) is 24.0 Å². The molecule has 6 heteroatoms. The van der Waals surface area contributed by atoms with Gasteiger partial charge in [0.25, 0.3) is 5.91 Å². The van der Waals surface area contributed by atoms with Crippen LogP contribution in [0.1, 0.15) is 35.4 Å². The lowest BCUT2D eigenvalue weighted by atomic mass is 10.00. The van der Waals surface area contributed by atoms with Crippen LogP contribution in [0, 0.1) is 11.3 Å². The first-order valence-electron chi connectivity index (χ1n) is 6.08. The monoisotopic (exact) mass is 278 g/mol. The summed E-state index contributed by atoms with van der Waals surface area (Å²) in [6.45, 7) is -0.347. The third-order valence-electron chi connectivity index (χ3n) is 3.11. The van der Waals surface area contributed by atoms with Crippen LogP contribution < -0.4 is 5.32 Å². The molecule has 1 aromatic heterocycles. The topological polar surface area (TPSA) is 79.2 Å². The number of carbonyl (C=O) groups excluding carboxylic acids is 2. The van der Waals surface area contributed by atoms with Crippen LogP contribution >= 0.6 is 11.3 Å². The second kappa shape index (κ2) is 5.85. The molecule has 1 aliphatic rings. The van der Waals surface area contributed by atoms with Gasteiger partial charge in [-0.1, -0.05) is 6.07 Å². The van der Waals surface area contributed by atoms with Gasteiger partial charge in [-0.2, -0.15) is 5.26 Å². The van der Waals surface area contributed by atoms with Gasteiger partial charge in [-0.3, -0.25) is 4.79 Å². The zero-order chi connectivity index (χ0) is 13.7. The summed E-state index contributed by atoms with van der Waals surface area (Å²) in [6, 6.07) is 5.53. The first kappa shape index (κ1) is 13.6. The molecule has 1 fully saturated rings. The second-order valence-corrected chi connectivity index (χ2v) is 5.45. The van der Waals surface area contributed by atoms with Crippen LogP contribution in [-0.2, 0) is 9.53 Å². The quantitative estimate of drug-likeness (QED) is 0.852. The fourth-order valence-electron chi connectivity index (χ4n) is 2.14. The van der Waals surface area contributed by atoms with E-state index in [0.717, 1.165) is 12.8 Å². The fourth-order valence-corrected chi connectivity index (χ4v) is 2.76. The predicted octanol–water partition coefficient (Wildman–Crippen LogP) is 1.86. The molecule has 0 radical (unpaired) electrons. The van der Waals surface area contributed by atoms with Crippen molar-refractivity contribution in [2.75, 3.05) is 6.61 Å². The minimum atomic E-state index is -0.771. The maximum absolute atomic E-state index is 11.7. The van der Waals surface area contributed by atoms with E-state index in [1.165, 1.54) is 11.3 Å². The minimum Gasteiger partial charge on any atom is -0.451 e. The van der Waals surface area contributed by atoms with Gasteiger partial charge in [0, 0.05) is 0 Å². The van der Waals surface area contributed by atoms with Gasteiger partial charge in [-0.05, 0) is 37.1 Å². The number of nitriles is 1. The summed E-state index contributed by atoms with van der Waals surface area (Å²) in [7, 11) is 0. The van der Waals surface area contributed by atoms with E-state index in [9.17, 15) is 9.59 Å². The lowest BCUT2D eigenvalue weighted by Gasteiger charge is -2.21. The number of hydrogen-bond acceptors (Lipinski definition) is 5. The van der Waals surface area contributed by atoms with Crippen LogP contribution in [0.4, 0.5) is 0 Å². The third kappa shape index (κ3) is 3.32. The van der Waals surface area contributed by atoms with Crippen molar-refractivity contribution >= 4 is 23.2 Å². The van der Waals surface area contributed by atoms with E-state index in [1.807, 2.05) is 0 Å². The highest BCUT2D eigenvalue weighted by atomic mass is 32.1. The SMILES string of the molecule is N#CC1(NC(=O)COC(=O)c2cccs2)CCCC1. The van der Waals surface area contributed by atoms with E-state index >= 15 is 0 Å². The molecular weight excluding hydrogens is 264 g/mol. The van der Waals surface area contributed by atoms with Crippen LogP contribution in [0.25, 0.3) is 0 Å². The summed E-state index contributed by atoms with van der Waals surface area (Å²) in [5, 5.41) is 13.6. The number of nitrogens with zero attached hydrogens (tertiary/aromatic N) is 1. The Balaban J connectivity index is 1.82. The van der Waals surface area contributed by atoms with Gasteiger partial charge in [-0.15, -0.1) is 11.3 Å². The summed E-state index contributed by atoms with van der Waals surface area (Å²) in [4.78, 5) is 23.7. The molecule has 0 unspecified atom stereocenters. The average Bonchev–Trinajstić information content (AvgIpc) is 3.07. The second-order valence-electron chi connectivity index (χ2n) is 4.50. The van der Waals surface area contributed by atoms with Crippen molar-refractivity contribution in [1.82, 2.24) is 5.32 Å². The highest BCUT2D eigenvalue weighted by Crippen LogP contribution is 2.28. The lowest BCUT2D eigenvalue weighted by molar-refractivity contribution is -0.125. The smallest absolute Gasteiger partial charge is 0.348 e. The van der Waals surface area contributed by atoms with Gasteiger partial charge in [0.2, 0.25) is 0 Å². The molecule has 19 heavy (non-hydrogen) atoms. The molecule has 1 aromatic rings. The van der Waals surface area contributed by atoms with E-state index in [0.29, 0.717) is 17.7 Å². The van der Waals surface area contributed by atoms with Gasteiger partial charge >= 0.3 is 5.97 Å². The van der Waals surface area contributed by atoms with Crippen LogP contribution in [0.5, 0.6) is 0 Å². The fraction of sp³-hybridized carbons (Fsp3) is 0.462. The highest BCUT2D eigenvalue weighted by molar-refractivity contribution is 7.11. The summed E-state index contributed by atoms with van der Waals surface area (Å²) < 4.78 is 4.90. The maximum Gasteiger partial charge on any atom is 0.348 e. The van der Waals surface area contributed by atoms with Gasteiger partial charge in [-0.25, -0.2) is 4.79 Å². The van der Waals surface area contributed by atoms with Gasteiger partial charge in [0.05, 0.1) is 6.07 Å². The van der Waals surface area contributed by atoms with Crippen LogP contribution in [0.2, 0.25) is 0 Å². The van der Waals surface area contributed by atoms with Crippen molar-refractivity contribution in [2.24, 2.45) is 0 Å². The Labute approximate surface area is 115 Å². The molecule has 1 N–H and O–H groups in total. The highest BCUT2D eigenvalue weighted by Gasteiger charge is 2.35. The first-order chi connectivity index (χ1) is 9.15. The minimum absolute atomic E-state index is 0.347. The van der Waals surface area contributed by atoms with E-state index in [-0.39, 0.29) is 6.61 Å². The largest absolute Gasteiger partial charge is 0.451 e. The van der Waals surface area contributed by atoms with E-state index in [2.05, 4.69) is 11.4 Å². The van der Waals surface area contributed by atoms with Crippen LogP contribution in [0.15, 0.2) is 17.5 Å². The van der Waals surface area contributed by atoms with Crippen molar-refractivity contribution in [2.45, 2.75) is 31.2 Å². The Bertz CT molecular complexity index is 498. The number of nitrogens with one attached hydrogen (secondary N) is 1. The number of hydrogen-bond donors (Lipinski definition) is 1. The van der Waals surface area contributed by atoms with E-state index < -0.39 is 17.4 Å². The number of ether oxygens (including phenoxy) is 1. The molecule has 1 amide bonds. The summed E-state index contributed by atoms with van der Waals surface area (Å²) in [5.74, 6) is -0.934.